The fraction of sp³-hybridized carbons (Fsp3) is 0.111. The van der Waals surface area contributed by atoms with Crippen LogP contribution < -0.4 is 5.73 Å². The van der Waals surface area contributed by atoms with E-state index in [1.807, 2.05) is 0 Å². The minimum atomic E-state index is -1.20. The number of aromatic carboxylic acids is 1. The molecule has 0 aromatic heterocycles. The van der Waals surface area contributed by atoms with Crippen LogP contribution in [0.1, 0.15) is 22.0 Å². The molecule has 80 valence electrons. The molecular formula is C9H8ClNO4. The van der Waals surface area contributed by atoms with E-state index < -0.39 is 18.0 Å². The molecule has 4 N–H and O–H groups in total. The quantitative estimate of drug-likeness (QED) is 0.721. The zero-order chi connectivity index (χ0) is 11.6. The Kier molecular flexibility index (Phi) is 3.28. The maximum Gasteiger partial charge on any atom is 0.337 e. The van der Waals surface area contributed by atoms with Gasteiger partial charge in [-0.15, -0.1) is 0 Å². The summed E-state index contributed by atoms with van der Waals surface area (Å²) >= 11 is 5.64. The van der Waals surface area contributed by atoms with E-state index in [0.29, 0.717) is 0 Å². The molecule has 15 heavy (non-hydrogen) atoms. The number of carboxylic acids is 2. The Bertz CT molecular complexity index is 419. The molecule has 0 saturated carbocycles. The van der Waals surface area contributed by atoms with Gasteiger partial charge in [-0.05, 0) is 17.7 Å². The highest BCUT2D eigenvalue weighted by atomic mass is 35.5. The van der Waals surface area contributed by atoms with Crippen LogP contribution in [0.5, 0.6) is 0 Å². The van der Waals surface area contributed by atoms with Crippen molar-refractivity contribution in [2.24, 2.45) is 5.73 Å². The van der Waals surface area contributed by atoms with Gasteiger partial charge < -0.3 is 15.9 Å². The second-order valence-corrected chi connectivity index (χ2v) is 3.27. The molecule has 1 aromatic carbocycles. The lowest BCUT2D eigenvalue weighted by atomic mass is 10.1. The van der Waals surface area contributed by atoms with Crippen molar-refractivity contribution in [1.82, 2.24) is 0 Å². The van der Waals surface area contributed by atoms with Gasteiger partial charge in [0.2, 0.25) is 0 Å². The fourth-order valence-electron chi connectivity index (χ4n) is 1.04. The number of carbonyl (C=O) groups is 2. The van der Waals surface area contributed by atoms with Crippen molar-refractivity contribution >= 4 is 23.5 Å². The molecule has 0 bridgehead atoms. The van der Waals surface area contributed by atoms with Gasteiger partial charge in [-0.3, -0.25) is 4.79 Å². The molecule has 0 saturated heterocycles. The molecular weight excluding hydrogens is 222 g/mol. The third-order valence-electron chi connectivity index (χ3n) is 1.85. The lowest BCUT2D eigenvalue weighted by molar-refractivity contribution is -0.138. The Hall–Kier alpha value is -1.59. The van der Waals surface area contributed by atoms with E-state index in [4.69, 9.17) is 27.5 Å². The van der Waals surface area contributed by atoms with Crippen molar-refractivity contribution in [3.63, 3.8) is 0 Å². The average molecular weight is 230 g/mol. The van der Waals surface area contributed by atoms with Crippen molar-refractivity contribution in [2.45, 2.75) is 6.04 Å². The highest BCUT2D eigenvalue weighted by molar-refractivity contribution is 6.33. The Morgan fingerprint density at radius 2 is 1.93 bits per heavy atom. The SMILES string of the molecule is N[C@H](C(=O)O)c1ccc(C(=O)O)c(Cl)c1. The number of benzene rings is 1. The number of hydrogen-bond donors (Lipinski definition) is 3. The largest absolute Gasteiger partial charge is 0.480 e. The molecule has 6 heteroatoms. The maximum absolute atomic E-state index is 10.6. The summed E-state index contributed by atoms with van der Waals surface area (Å²) in [4.78, 5) is 21.2. The minimum absolute atomic E-state index is 0.0308. The summed E-state index contributed by atoms with van der Waals surface area (Å²) < 4.78 is 0. The van der Waals surface area contributed by atoms with Crippen LogP contribution >= 0.6 is 11.6 Å². The predicted molar refractivity (Wildman–Crippen MR) is 53.0 cm³/mol. The van der Waals surface area contributed by atoms with E-state index in [9.17, 15) is 9.59 Å². The highest BCUT2D eigenvalue weighted by Crippen LogP contribution is 2.21. The van der Waals surface area contributed by atoms with Gasteiger partial charge in [0.25, 0.3) is 0 Å². The molecule has 0 aliphatic heterocycles. The lowest BCUT2D eigenvalue weighted by Crippen LogP contribution is -2.20. The van der Waals surface area contributed by atoms with Crippen LogP contribution in [-0.2, 0) is 4.79 Å². The summed E-state index contributed by atoms with van der Waals surface area (Å²) in [5, 5.41) is 17.3. The van der Waals surface area contributed by atoms with Crippen LogP contribution in [-0.4, -0.2) is 22.2 Å². The molecule has 5 nitrogen and oxygen atoms in total. The lowest BCUT2D eigenvalue weighted by Gasteiger charge is -2.07. The number of hydrogen-bond acceptors (Lipinski definition) is 3. The van der Waals surface area contributed by atoms with Crippen molar-refractivity contribution in [3.8, 4) is 0 Å². The molecule has 0 heterocycles. The van der Waals surface area contributed by atoms with Gasteiger partial charge in [0, 0.05) is 0 Å². The maximum atomic E-state index is 10.6. The average Bonchev–Trinajstić information content (AvgIpc) is 2.15. The van der Waals surface area contributed by atoms with Gasteiger partial charge in [-0.2, -0.15) is 0 Å². The fourth-order valence-corrected chi connectivity index (χ4v) is 1.31. The molecule has 0 amide bonds. The number of rotatable bonds is 3. The number of nitrogens with two attached hydrogens (primary N) is 1. The summed E-state index contributed by atoms with van der Waals surface area (Å²) in [6, 6.07) is 2.59. The minimum Gasteiger partial charge on any atom is -0.480 e. The van der Waals surface area contributed by atoms with Crippen molar-refractivity contribution in [1.29, 1.82) is 0 Å². The second kappa shape index (κ2) is 4.29. The van der Waals surface area contributed by atoms with Crippen LogP contribution in [0.25, 0.3) is 0 Å². The first-order valence-electron chi connectivity index (χ1n) is 3.94. The van der Waals surface area contributed by atoms with Crippen LogP contribution in [0.4, 0.5) is 0 Å². The molecule has 0 aliphatic carbocycles. The zero-order valence-electron chi connectivity index (χ0n) is 7.48. The molecule has 0 radical (unpaired) electrons. The van der Waals surface area contributed by atoms with E-state index in [-0.39, 0.29) is 16.1 Å². The predicted octanol–water partition coefficient (Wildman–Crippen LogP) is 1.12. The summed E-state index contributed by atoms with van der Waals surface area (Å²) in [6.45, 7) is 0. The van der Waals surface area contributed by atoms with Gasteiger partial charge in [-0.25, -0.2) is 4.79 Å². The van der Waals surface area contributed by atoms with E-state index in [1.54, 1.807) is 0 Å². The van der Waals surface area contributed by atoms with E-state index in [0.717, 1.165) is 0 Å². The van der Waals surface area contributed by atoms with Crippen molar-refractivity contribution in [2.75, 3.05) is 0 Å². The van der Waals surface area contributed by atoms with Crippen molar-refractivity contribution in [3.05, 3.63) is 34.3 Å². The summed E-state index contributed by atoms with van der Waals surface area (Å²) in [6.07, 6.45) is 0. The van der Waals surface area contributed by atoms with Crippen LogP contribution in [0.15, 0.2) is 18.2 Å². The number of halogens is 1. The molecule has 0 aliphatic rings. The molecule has 0 fully saturated rings. The van der Waals surface area contributed by atoms with Crippen molar-refractivity contribution < 1.29 is 19.8 Å². The first-order valence-corrected chi connectivity index (χ1v) is 4.32. The summed E-state index contributed by atoms with van der Waals surface area (Å²) in [5.74, 6) is -2.37. The monoisotopic (exact) mass is 229 g/mol. The highest BCUT2D eigenvalue weighted by Gasteiger charge is 2.16. The van der Waals surface area contributed by atoms with Gasteiger partial charge in [0.15, 0.2) is 0 Å². The van der Waals surface area contributed by atoms with Gasteiger partial charge in [-0.1, -0.05) is 17.7 Å². The van der Waals surface area contributed by atoms with Gasteiger partial charge in [0.05, 0.1) is 10.6 Å². The van der Waals surface area contributed by atoms with Gasteiger partial charge in [0.1, 0.15) is 6.04 Å². The smallest absolute Gasteiger partial charge is 0.337 e. The zero-order valence-corrected chi connectivity index (χ0v) is 8.23. The topological polar surface area (TPSA) is 101 Å². The van der Waals surface area contributed by atoms with Crippen LogP contribution in [0.2, 0.25) is 5.02 Å². The summed E-state index contributed by atoms with van der Waals surface area (Å²) in [5.41, 5.74) is 5.50. The Morgan fingerprint density at radius 3 is 2.33 bits per heavy atom. The standard InChI is InChI=1S/C9H8ClNO4/c10-6-3-4(7(11)9(14)15)1-2-5(6)8(12)13/h1-3,7H,11H2,(H,12,13)(H,14,15)/t7-/m0/s1. The molecule has 1 aromatic rings. The Labute approximate surface area is 90.1 Å². The normalized spacial score (nSPS) is 12.1. The van der Waals surface area contributed by atoms with Gasteiger partial charge >= 0.3 is 11.9 Å². The Balaban J connectivity index is 3.12. The van der Waals surface area contributed by atoms with E-state index in [1.165, 1.54) is 18.2 Å². The van der Waals surface area contributed by atoms with Crippen LogP contribution in [0.3, 0.4) is 0 Å². The van der Waals surface area contributed by atoms with Crippen LogP contribution in [0, 0.1) is 0 Å². The summed E-state index contributed by atoms with van der Waals surface area (Å²) in [7, 11) is 0. The molecule has 1 rings (SSSR count). The number of carboxylic acid groups (broad SMARTS) is 2. The first kappa shape index (κ1) is 11.5. The third-order valence-corrected chi connectivity index (χ3v) is 2.16. The number of aliphatic carboxylic acids is 1. The molecule has 0 unspecified atom stereocenters. The van der Waals surface area contributed by atoms with E-state index >= 15 is 0 Å². The second-order valence-electron chi connectivity index (χ2n) is 2.86. The molecule has 1 atom stereocenters. The first-order chi connectivity index (χ1) is 6.93. The van der Waals surface area contributed by atoms with E-state index in [2.05, 4.69) is 0 Å². The third kappa shape index (κ3) is 2.45. The molecule has 0 spiro atoms. The Morgan fingerprint density at radius 1 is 1.33 bits per heavy atom.